The highest BCUT2D eigenvalue weighted by Gasteiger charge is 2.48. The lowest BCUT2D eigenvalue weighted by molar-refractivity contribution is -0.0340. The molecule has 1 unspecified atom stereocenters. The minimum Gasteiger partial charge on any atom is -0.381 e. The minimum absolute atomic E-state index is 0.0792. The van der Waals surface area contributed by atoms with E-state index in [1.807, 2.05) is 29.4 Å². The molecule has 4 aliphatic heterocycles. The summed E-state index contributed by atoms with van der Waals surface area (Å²) in [7, 11) is -1.10. The van der Waals surface area contributed by atoms with Crippen molar-refractivity contribution >= 4 is 25.7 Å². The van der Waals surface area contributed by atoms with E-state index in [0.717, 1.165) is 61.4 Å². The summed E-state index contributed by atoms with van der Waals surface area (Å²) in [4.78, 5) is 12.0. The number of aliphatic imine (C=N–C) groups is 2. The number of aromatic nitrogens is 2. The van der Waals surface area contributed by atoms with Crippen LogP contribution in [0.15, 0.2) is 40.2 Å². The molecule has 35 heavy (non-hydrogen) atoms. The maximum absolute atomic E-state index is 9.58. The van der Waals surface area contributed by atoms with Gasteiger partial charge in [-0.2, -0.15) is 10.4 Å². The van der Waals surface area contributed by atoms with Crippen molar-refractivity contribution in [2.45, 2.75) is 56.5 Å². The Hall–Kier alpha value is -2.38. The molecule has 0 bridgehead atoms. The molecular weight excluding hydrogens is 454 g/mol. The van der Waals surface area contributed by atoms with Crippen LogP contribution in [0.1, 0.15) is 24.8 Å². The monoisotopic (exact) mass is 491 g/mol. The lowest BCUT2D eigenvalue weighted by Gasteiger charge is -2.53. The third kappa shape index (κ3) is 5.12. The average Bonchev–Trinajstić information content (AvgIpc) is 3.49. The number of rotatable bonds is 9. The second-order valence-electron chi connectivity index (χ2n) is 11.5. The third-order valence-electron chi connectivity index (χ3n) is 7.58. The van der Waals surface area contributed by atoms with E-state index in [0.29, 0.717) is 19.1 Å². The van der Waals surface area contributed by atoms with Crippen LogP contribution in [0.5, 0.6) is 0 Å². The van der Waals surface area contributed by atoms with E-state index in [9.17, 15) is 5.26 Å². The highest BCUT2D eigenvalue weighted by molar-refractivity contribution is 6.76. The fraction of sp³-hybridized carbons (Fsp3) is 0.615. The van der Waals surface area contributed by atoms with E-state index < -0.39 is 8.07 Å². The van der Waals surface area contributed by atoms with Gasteiger partial charge in [-0.15, -0.1) is 0 Å². The number of fused-ring (bicyclic) bond motifs is 1. The van der Waals surface area contributed by atoms with E-state index in [2.05, 4.69) is 47.1 Å². The van der Waals surface area contributed by atoms with Crippen LogP contribution in [0.25, 0.3) is 5.70 Å². The molecule has 2 fully saturated rings. The zero-order valence-electron chi connectivity index (χ0n) is 21.2. The first-order valence-electron chi connectivity index (χ1n) is 12.9. The van der Waals surface area contributed by atoms with Gasteiger partial charge in [0.2, 0.25) is 0 Å². The molecule has 5 heterocycles. The van der Waals surface area contributed by atoms with Crippen LogP contribution >= 0.6 is 0 Å². The van der Waals surface area contributed by atoms with E-state index in [4.69, 9.17) is 14.8 Å². The summed E-state index contributed by atoms with van der Waals surface area (Å²) in [6.45, 7) is 12.4. The number of allylic oxidation sites excluding steroid dienone is 2. The van der Waals surface area contributed by atoms with Gasteiger partial charge in [0.25, 0.3) is 0 Å². The van der Waals surface area contributed by atoms with Gasteiger partial charge in [-0.05, 0) is 38.1 Å². The normalized spacial score (nSPS) is 24.3. The van der Waals surface area contributed by atoms with Crippen LogP contribution in [-0.4, -0.2) is 80.1 Å². The Morgan fingerprint density at radius 3 is 2.80 bits per heavy atom. The van der Waals surface area contributed by atoms with Crippen molar-refractivity contribution in [1.29, 1.82) is 5.26 Å². The largest absolute Gasteiger partial charge is 0.381 e. The summed E-state index contributed by atoms with van der Waals surface area (Å²) in [6.07, 6.45) is 12.7. The highest BCUT2D eigenvalue weighted by atomic mass is 28.3. The molecule has 1 aromatic rings. The summed E-state index contributed by atoms with van der Waals surface area (Å²) >= 11 is 0. The number of piperidine rings is 1. The topological polar surface area (TPSA) is 90.8 Å². The first-order chi connectivity index (χ1) is 16.9. The van der Waals surface area contributed by atoms with E-state index in [1.54, 1.807) is 0 Å². The van der Waals surface area contributed by atoms with Gasteiger partial charge >= 0.3 is 0 Å². The van der Waals surface area contributed by atoms with Crippen LogP contribution in [-0.2, 0) is 10.3 Å². The van der Waals surface area contributed by atoms with Crippen molar-refractivity contribution in [3.8, 4) is 6.07 Å². The molecule has 9 heteroatoms. The molecular formula is C26H37N7OSi. The van der Waals surface area contributed by atoms with Crippen molar-refractivity contribution < 1.29 is 4.74 Å². The Morgan fingerprint density at radius 2 is 2.06 bits per heavy atom. The lowest BCUT2D eigenvalue weighted by atomic mass is 9.84. The molecule has 8 nitrogen and oxygen atoms in total. The Kier molecular flexibility index (Phi) is 6.90. The van der Waals surface area contributed by atoms with Crippen molar-refractivity contribution in [1.82, 2.24) is 20.0 Å². The standard InChI is InChI=1S/C26H37N7OSi/c1-35(2,3)13-12-34-17-21-14-30-24(23-6-11-29-25(21)23)20-15-31-33(16-20)26(7-8-27)18-32(19-26)22-4-9-28-10-5-22/h6,11,14-16,21-22,28H,4-5,7,9-10,12-13,17-19H2,1-3H3. The second-order valence-corrected chi connectivity index (χ2v) is 17.1. The molecule has 0 aliphatic carbocycles. The maximum Gasteiger partial charge on any atom is 0.101 e. The van der Waals surface area contributed by atoms with E-state index in [-0.39, 0.29) is 11.5 Å². The maximum atomic E-state index is 9.58. The average molecular weight is 492 g/mol. The van der Waals surface area contributed by atoms with Gasteiger partial charge in [-0.25, -0.2) is 0 Å². The SMILES string of the molecule is C[Si](C)(C)CCOCC1C=NC(c2cnn(C3(CC#N)CN(C4CCNCC4)C3)c2)=C2C=CN=C21. The zero-order chi connectivity index (χ0) is 24.5. The molecule has 2 saturated heterocycles. The quantitative estimate of drug-likeness (QED) is 0.423. The zero-order valence-corrected chi connectivity index (χ0v) is 22.2. The number of hydrogen-bond acceptors (Lipinski definition) is 7. The van der Waals surface area contributed by atoms with Crippen molar-refractivity contribution in [3.63, 3.8) is 0 Å². The first-order valence-corrected chi connectivity index (χ1v) is 16.6. The van der Waals surface area contributed by atoms with Gasteiger partial charge in [-0.3, -0.25) is 19.6 Å². The molecule has 186 valence electrons. The number of ether oxygens (including phenoxy) is 1. The van der Waals surface area contributed by atoms with Crippen LogP contribution < -0.4 is 5.32 Å². The van der Waals surface area contributed by atoms with Crippen molar-refractivity contribution in [3.05, 3.63) is 35.8 Å². The molecule has 1 atom stereocenters. The summed E-state index contributed by atoms with van der Waals surface area (Å²) in [5, 5.41) is 17.8. The predicted octanol–water partition coefficient (Wildman–Crippen LogP) is 3.29. The Morgan fingerprint density at radius 1 is 1.26 bits per heavy atom. The van der Waals surface area contributed by atoms with Crippen LogP contribution in [0.3, 0.4) is 0 Å². The van der Waals surface area contributed by atoms with Crippen LogP contribution in [0.4, 0.5) is 0 Å². The fourth-order valence-electron chi connectivity index (χ4n) is 5.42. The molecule has 0 saturated carbocycles. The van der Waals surface area contributed by atoms with Crippen molar-refractivity contribution in [2.24, 2.45) is 15.9 Å². The number of nitriles is 1. The molecule has 0 spiro atoms. The molecule has 0 amide bonds. The number of nitrogens with zero attached hydrogens (tertiary/aromatic N) is 6. The van der Waals surface area contributed by atoms with Gasteiger partial charge in [0.15, 0.2) is 0 Å². The number of hydrogen-bond donors (Lipinski definition) is 1. The fourth-order valence-corrected chi connectivity index (χ4v) is 6.17. The van der Waals surface area contributed by atoms with Gasteiger partial charge < -0.3 is 10.1 Å². The predicted molar refractivity (Wildman–Crippen MR) is 142 cm³/mol. The highest BCUT2D eigenvalue weighted by Crippen LogP contribution is 2.37. The molecule has 5 rings (SSSR count). The third-order valence-corrected chi connectivity index (χ3v) is 9.29. The van der Waals surface area contributed by atoms with Crippen LogP contribution in [0.2, 0.25) is 25.7 Å². The van der Waals surface area contributed by atoms with Gasteiger partial charge in [-0.1, -0.05) is 19.6 Å². The number of nitrogens with one attached hydrogen (secondary N) is 1. The Balaban J connectivity index is 1.28. The lowest BCUT2D eigenvalue weighted by Crippen LogP contribution is -2.66. The van der Waals surface area contributed by atoms with E-state index >= 15 is 0 Å². The minimum atomic E-state index is -1.10. The molecule has 1 N–H and O–H groups in total. The molecule has 1 aromatic heterocycles. The van der Waals surface area contributed by atoms with Gasteiger partial charge in [0.05, 0.1) is 42.6 Å². The number of likely N-dealkylation sites (tertiary alicyclic amines) is 1. The van der Waals surface area contributed by atoms with Crippen LogP contribution in [0, 0.1) is 17.2 Å². The summed E-state index contributed by atoms with van der Waals surface area (Å²) in [5.41, 5.74) is 3.72. The van der Waals surface area contributed by atoms with E-state index in [1.165, 1.54) is 12.8 Å². The summed E-state index contributed by atoms with van der Waals surface area (Å²) in [6, 6.07) is 4.18. The van der Waals surface area contributed by atoms with Gasteiger partial charge in [0.1, 0.15) is 5.54 Å². The molecule has 4 aliphatic rings. The first kappa shape index (κ1) is 24.3. The molecule has 0 radical (unpaired) electrons. The van der Waals surface area contributed by atoms with Crippen molar-refractivity contribution in [2.75, 3.05) is 39.4 Å². The Labute approximate surface area is 209 Å². The van der Waals surface area contributed by atoms with Gasteiger partial charge in [0, 0.05) is 63.6 Å². The molecule has 0 aromatic carbocycles. The summed E-state index contributed by atoms with van der Waals surface area (Å²) < 4.78 is 8.03. The Bertz CT molecular complexity index is 1090. The second kappa shape index (κ2) is 9.94. The smallest absolute Gasteiger partial charge is 0.101 e. The summed E-state index contributed by atoms with van der Waals surface area (Å²) in [5.74, 6) is 0.0792.